The van der Waals surface area contributed by atoms with E-state index in [0.29, 0.717) is 24.7 Å². The third kappa shape index (κ3) is 6.14. The number of fused-ring (bicyclic) bond motifs is 1. The zero-order chi connectivity index (χ0) is 29.4. The van der Waals surface area contributed by atoms with Gasteiger partial charge in [-0.3, -0.25) is 8.99 Å². The molecule has 5 rings (SSSR count). The van der Waals surface area contributed by atoms with E-state index < -0.39 is 15.6 Å². The van der Waals surface area contributed by atoms with Gasteiger partial charge in [-0.25, -0.2) is 22.7 Å². The number of piperidine rings is 1. The van der Waals surface area contributed by atoms with E-state index in [1.165, 1.54) is 4.31 Å². The standard InChI is InChI=1S/C28H36N8O4S/c1-6-41(38,39)33(5)24-10-8-7-9-23(24)25-12-11-22-18-29-26(32-36(22)25)31-20-17-30-35(19-20)21-13-15-34(16-14-21)27(37)40-28(2,3)4/h7-12,17-19,21H,6,13-16H2,1-5H3,(H,31,32). The highest BCUT2D eigenvalue weighted by Gasteiger charge is 2.28. The third-order valence-electron chi connectivity index (χ3n) is 7.05. The van der Waals surface area contributed by atoms with Crippen LogP contribution < -0.4 is 9.62 Å². The van der Waals surface area contributed by atoms with Gasteiger partial charge in [0.1, 0.15) is 5.60 Å². The third-order valence-corrected chi connectivity index (χ3v) is 8.81. The molecule has 1 aliphatic rings. The fourth-order valence-corrected chi connectivity index (χ4v) is 5.69. The molecular formula is C28H36N8O4S. The minimum Gasteiger partial charge on any atom is -0.444 e. The van der Waals surface area contributed by atoms with Crippen LogP contribution in [0.2, 0.25) is 0 Å². The normalized spacial score (nSPS) is 14.8. The van der Waals surface area contributed by atoms with Crippen LogP contribution in [0, 0.1) is 0 Å². The van der Waals surface area contributed by atoms with Gasteiger partial charge >= 0.3 is 6.09 Å². The lowest BCUT2D eigenvalue weighted by molar-refractivity contribution is 0.0184. The number of ether oxygens (including phenoxy) is 1. The number of hydrogen-bond acceptors (Lipinski definition) is 8. The van der Waals surface area contributed by atoms with Crippen LogP contribution in [0.1, 0.15) is 46.6 Å². The minimum atomic E-state index is -3.44. The molecule has 0 aliphatic carbocycles. The van der Waals surface area contributed by atoms with E-state index in [9.17, 15) is 13.2 Å². The average molecular weight is 581 g/mol. The Morgan fingerprint density at radius 3 is 2.56 bits per heavy atom. The van der Waals surface area contributed by atoms with E-state index in [1.807, 2.05) is 62.0 Å². The number of sulfonamides is 1. The molecule has 218 valence electrons. The summed E-state index contributed by atoms with van der Waals surface area (Å²) in [6, 6.07) is 11.3. The molecule has 0 saturated carbocycles. The van der Waals surface area contributed by atoms with Gasteiger partial charge in [0.05, 0.1) is 46.8 Å². The largest absolute Gasteiger partial charge is 0.444 e. The number of hydrogen-bond donors (Lipinski definition) is 1. The van der Waals surface area contributed by atoms with E-state index in [1.54, 1.807) is 41.8 Å². The monoisotopic (exact) mass is 580 g/mol. The highest BCUT2D eigenvalue weighted by atomic mass is 32.2. The quantitative estimate of drug-likeness (QED) is 0.334. The number of anilines is 3. The summed E-state index contributed by atoms with van der Waals surface area (Å²) in [6.45, 7) is 8.44. The van der Waals surface area contributed by atoms with E-state index in [2.05, 4.69) is 15.4 Å². The molecule has 4 heterocycles. The molecule has 0 radical (unpaired) electrons. The SMILES string of the molecule is CCS(=O)(=O)N(C)c1ccccc1-c1ccc2cnc(Nc3cnn(C4CCN(C(=O)OC(C)(C)C)CC4)c3)nn12. The summed E-state index contributed by atoms with van der Waals surface area (Å²) in [5.74, 6) is 0.376. The molecule has 13 heteroatoms. The van der Waals surface area contributed by atoms with Gasteiger partial charge in [0, 0.05) is 31.9 Å². The highest BCUT2D eigenvalue weighted by molar-refractivity contribution is 7.92. The fraction of sp³-hybridized carbons (Fsp3) is 0.429. The van der Waals surface area contributed by atoms with Crippen molar-refractivity contribution in [3.05, 3.63) is 55.0 Å². The summed E-state index contributed by atoms with van der Waals surface area (Å²) in [7, 11) is -1.88. The maximum atomic E-state index is 12.6. The fourth-order valence-electron chi connectivity index (χ4n) is 4.84. The van der Waals surface area contributed by atoms with Crippen molar-refractivity contribution in [2.24, 2.45) is 0 Å². The second kappa shape index (κ2) is 11.0. The van der Waals surface area contributed by atoms with Crippen molar-refractivity contribution in [3.63, 3.8) is 0 Å². The summed E-state index contributed by atoms with van der Waals surface area (Å²) < 4.78 is 35.7. The molecule has 1 N–H and O–H groups in total. The van der Waals surface area contributed by atoms with Gasteiger partial charge in [0.15, 0.2) is 0 Å². The lowest BCUT2D eigenvalue weighted by Gasteiger charge is -2.33. The van der Waals surface area contributed by atoms with Gasteiger partial charge in [-0.1, -0.05) is 18.2 Å². The zero-order valence-corrected chi connectivity index (χ0v) is 24.8. The molecule has 0 unspecified atom stereocenters. The predicted octanol–water partition coefficient (Wildman–Crippen LogP) is 4.69. The van der Waals surface area contributed by atoms with Crippen LogP contribution in [-0.4, -0.2) is 75.3 Å². The molecule has 0 bridgehead atoms. The van der Waals surface area contributed by atoms with Crippen molar-refractivity contribution >= 4 is 39.0 Å². The first-order chi connectivity index (χ1) is 19.4. The van der Waals surface area contributed by atoms with Crippen LogP contribution >= 0.6 is 0 Å². The van der Waals surface area contributed by atoms with Crippen molar-refractivity contribution in [1.29, 1.82) is 0 Å². The zero-order valence-electron chi connectivity index (χ0n) is 24.0. The maximum Gasteiger partial charge on any atom is 0.410 e. The molecule has 1 aromatic carbocycles. The van der Waals surface area contributed by atoms with E-state index in [0.717, 1.165) is 35.3 Å². The first-order valence-corrected chi connectivity index (χ1v) is 15.3. The Morgan fingerprint density at radius 2 is 1.85 bits per heavy atom. The number of para-hydroxylation sites is 1. The topological polar surface area (TPSA) is 127 Å². The van der Waals surface area contributed by atoms with Crippen molar-refractivity contribution < 1.29 is 17.9 Å². The second-order valence-electron chi connectivity index (χ2n) is 11.1. The lowest BCUT2D eigenvalue weighted by Crippen LogP contribution is -2.42. The average Bonchev–Trinajstić information content (AvgIpc) is 3.59. The smallest absolute Gasteiger partial charge is 0.410 e. The van der Waals surface area contributed by atoms with Gasteiger partial charge in [0.25, 0.3) is 0 Å². The minimum absolute atomic E-state index is 0.000484. The number of amides is 1. The van der Waals surface area contributed by atoms with Crippen LogP contribution in [0.15, 0.2) is 55.0 Å². The maximum absolute atomic E-state index is 12.6. The van der Waals surface area contributed by atoms with Crippen LogP contribution in [0.25, 0.3) is 16.8 Å². The number of benzene rings is 1. The van der Waals surface area contributed by atoms with Gasteiger partial charge < -0.3 is 15.0 Å². The summed E-state index contributed by atoms with van der Waals surface area (Å²) in [6.07, 6.45) is 6.62. The van der Waals surface area contributed by atoms with Crippen molar-refractivity contribution in [2.75, 3.05) is 35.5 Å². The number of likely N-dealkylation sites (tertiary alicyclic amines) is 1. The Hall–Kier alpha value is -4.13. The molecule has 1 saturated heterocycles. The van der Waals surface area contributed by atoms with Gasteiger partial charge in [-0.05, 0) is 58.7 Å². The number of carbonyl (C=O) groups is 1. The van der Waals surface area contributed by atoms with Crippen molar-refractivity contribution in [1.82, 2.24) is 29.3 Å². The number of nitrogens with zero attached hydrogens (tertiary/aromatic N) is 7. The first kappa shape index (κ1) is 28.4. The van der Waals surface area contributed by atoms with E-state index in [4.69, 9.17) is 9.84 Å². The van der Waals surface area contributed by atoms with Crippen LogP contribution in [0.4, 0.5) is 22.1 Å². The Kier molecular flexibility index (Phi) is 7.64. The van der Waals surface area contributed by atoms with E-state index in [-0.39, 0.29) is 17.9 Å². The summed E-state index contributed by atoms with van der Waals surface area (Å²) in [5.41, 5.74) is 3.05. The van der Waals surface area contributed by atoms with Crippen LogP contribution in [0.3, 0.4) is 0 Å². The molecule has 0 atom stereocenters. The first-order valence-electron chi connectivity index (χ1n) is 13.6. The number of aromatic nitrogens is 5. The number of carbonyl (C=O) groups excluding carboxylic acids is 1. The number of nitrogens with one attached hydrogen (secondary N) is 1. The molecule has 3 aromatic heterocycles. The van der Waals surface area contributed by atoms with Gasteiger partial charge in [-0.2, -0.15) is 5.10 Å². The Morgan fingerprint density at radius 1 is 1.12 bits per heavy atom. The van der Waals surface area contributed by atoms with Crippen molar-refractivity contribution in [2.45, 2.75) is 52.2 Å². The summed E-state index contributed by atoms with van der Waals surface area (Å²) in [5, 5.41) is 12.5. The molecule has 0 spiro atoms. The summed E-state index contributed by atoms with van der Waals surface area (Å²) in [4.78, 5) is 18.6. The predicted molar refractivity (Wildman–Crippen MR) is 158 cm³/mol. The molecule has 1 aliphatic heterocycles. The van der Waals surface area contributed by atoms with Crippen molar-refractivity contribution in [3.8, 4) is 11.3 Å². The molecule has 41 heavy (non-hydrogen) atoms. The molecule has 1 amide bonds. The Balaban J connectivity index is 1.32. The molecule has 1 fully saturated rings. The van der Waals surface area contributed by atoms with E-state index >= 15 is 0 Å². The Labute approximate surface area is 240 Å². The molecule has 12 nitrogen and oxygen atoms in total. The van der Waals surface area contributed by atoms with Crippen LogP contribution in [-0.2, 0) is 14.8 Å². The molecule has 4 aromatic rings. The lowest BCUT2D eigenvalue weighted by atomic mass is 10.1. The van der Waals surface area contributed by atoms with Crippen LogP contribution in [0.5, 0.6) is 0 Å². The Bertz CT molecular complexity index is 1650. The van der Waals surface area contributed by atoms with Gasteiger partial charge in [0.2, 0.25) is 16.0 Å². The number of rotatable bonds is 7. The second-order valence-corrected chi connectivity index (χ2v) is 13.3. The van der Waals surface area contributed by atoms with Gasteiger partial charge in [-0.15, -0.1) is 5.10 Å². The summed E-state index contributed by atoms with van der Waals surface area (Å²) >= 11 is 0. The highest BCUT2D eigenvalue weighted by Crippen LogP contribution is 2.33. The molecular weight excluding hydrogens is 544 g/mol.